The summed E-state index contributed by atoms with van der Waals surface area (Å²) in [5.41, 5.74) is 6.24. The third-order valence-corrected chi connectivity index (χ3v) is 4.57. The first-order valence-electron chi connectivity index (χ1n) is 7.62. The van der Waals surface area contributed by atoms with Crippen LogP contribution < -0.4 is 16.0 Å². The zero-order chi connectivity index (χ0) is 15.5. The second kappa shape index (κ2) is 6.43. The van der Waals surface area contributed by atoms with E-state index in [9.17, 15) is 4.79 Å². The Morgan fingerprint density at radius 3 is 2.57 bits per heavy atom. The summed E-state index contributed by atoms with van der Waals surface area (Å²) in [6, 6.07) is 3.78. The predicted octanol–water partition coefficient (Wildman–Crippen LogP) is 2.24. The number of amides is 1. The number of anilines is 2. The highest BCUT2D eigenvalue weighted by molar-refractivity contribution is 5.95. The van der Waals surface area contributed by atoms with Gasteiger partial charge in [0.2, 0.25) is 5.91 Å². The van der Waals surface area contributed by atoms with Crippen LogP contribution in [0.5, 0.6) is 0 Å². The molecule has 1 saturated carbocycles. The van der Waals surface area contributed by atoms with Gasteiger partial charge in [-0.2, -0.15) is 0 Å². The van der Waals surface area contributed by atoms with Crippen LogP contribution in [0.1, 0.15) is 32.6 Å². The van der Waals surface area contributed by atoms with Gasteiger partial charge in [-0.15, -0.1) is 0 Å². The maximum absolute atomic E-state index is 12.6. The van der Waals surface area contributed by atoms with Crippen molar-refractivity contribution in [3.05, 3.63) is 18.3 Å². The van der Waals surface area contributed by atoms with Crippen LogP contribution in [0, 0.1) is 11.3 Å². The second-order valence-electron chi connectivity index (χ2n) is 6.42. The molecule has 1 aromatic heterocycles. The van der Waals surface area contributed by atoms with Crippen molar-refractivity contribution in [1.29, 1.82) is 0 Å². The van der Waals surface area contributed by atoms with Crippen molar-refractivity contribution in [2.45, 2.75) is 32.6 Å². The molecule has 3 N–H and O–H groups in total. The van der Waals surface area contributed by atoms with Gasteiger partial charge in [0, 0.05) is 20.6 Å². The lowest BCUT2D eigenvalue weighted by molar-refractivity contribution is -0.127. The maximum atomic E-state index is 12.6. The average Bonchev–Trinajstić information content (AvgIpc) is 2.49. The van der Waals surface area contributed by atoms with E-state index in [1.807, 2.05) is 31.1 Å². The maximum Gasteiger partial charge on any atom is 0.231 e. The SMILES string of the molecule is CC1CCC(CN)(C(=O)Nc2ccc(N(C)C)nc2)CC1. The molecule has 5 heteroatoms. The number of nitrogens with zero attached hydrogens (tertiary/aromatic N) is 2. The van der Waals surface area contributed by atoms with Gasteiger partial charge in [-0.1, -0.05) is 6.92 Å². The molecule has 0 unspecified atom stereocenters. The third-order valence-electron chi connectivity index (χ3n) is 4.57. The van der Waals surface area contributed by atoms with Gasteiger partial charge < -0.3 is 16.0 Å². The Balaban J connectivity index is 2.05. The van der Waals surface area contributed by atoms with E-state index in [4.69, 9.17) is 5.73 Å². The standard InChI is InChI=1S/C16H26N4O/c1-12-6-8-16(11-17,9-7-12)15(21)19-13-4-5-14(18-10-13)20(2)3/h4-5,10,12H,6-9,11,17H2,1-3H3,(H,19,21). The number of carbonyl (C=O) groups excluding carboxylic acids is 1. The first-order chi connectivity index (χ1) is 9.97. The van der Waals surface area contributed by atoms with Crippen molar-refractivity contribution in [3.8, 4) is 0 Å². The molecule has 0 radical (unpaired) electrons. The van der Waals surface area contributed by atoms with Gasteiger partial charge >= 0.3 is 0 Å². The molecular formula is C16H26N4O. The summed E-state index contributed by atoms with van der Waals surface area (Å²) in [4.78, 5) is 18.9. The number of pyridine rings is 1. The molecule has 1 aromatic rings. The smallest absolute Gasteiger partial charge is 0.231 e. The van der Waals surface area contributed by atoms with E-state index in [1.54, 1.807) is 6.20 Å². The average molecular weight is 290 g/mol. The molecular weight excluding hydrogens is 264 g/mol. The van der Waals surface area contributed by atoms with Gasteiger partial charge in [-0.05, 0) is 43.7 Å². The molecule has 1 aliphatic rings. The van der Waals surface area contributed by atoms with Crippen LogP contribution in [0.2, 0.25) is 0 Å². The first kappa shape index (κ1) is 15.8. The quantitative estimate of drug-likeness (QED) is 0.892. The molecule has 1 amide bonds. The predicted molar refractivity (Wildman–Crippen MR) is 86.3 cm³/mol. The molecule has 0 bridgehead atoms. The number of aromatic nitrogens is 1. The Morgan fingerprint density at radius 1 is 1.43 bits per heavy atom. The number of hydrogen-bond acceptors (Lipinski definition) is 4. The largest absolute Gasteiger partial charge is 0.363 e. The summed E-state index contributed by atoms with van der Waals surface area (Å²) in [6.07, 6.45) is 5.59. The van der Waals surface area contributed by atoms with Crippen molar-refractivity contribution in [1.82, 2.24) is 4.98 Å². The Kier molecular flexibility index (Phi) is 4.83. The molecule has 1 heterocycles. The minimum atomic E-state index is -0.410. The van der Waals surface area contributed by atoms with Crippen LogP contribution in [0.3, 0.4) is 0 Å². The zero-order valence-electron chi connectivity index (χ0n) is 13.2. The minimum Gasteiger partial charge on any atom is -0.363 e. The molecule has 116 valence electrons. The Bertz CT molecular complexity index is 476. The fourth-order valence-electron chi connectivity index (χ4n) is 2.83. The van der Waals surface area contributed by atoms with Crippen LogP contribution in [0.15, 0.2) is 18.3 Å². The van der Waals surface area contributed by atoms with E-state index in [2.05, 4.69) is 17.2 Å². The number of rotatable bonds is 4. The Labute approximate surface area is 126 Å². The molecule has 0 saturated heterocycles. The van der Waals surface area contributed by atoms with Gasteiger partial charge in [0.25, 0.3) is 0 Å². The van der Waals surface area contributed by atoms with Crippen LogP contribution in [-0.4, -0.2) is 31.5 Å². The highest BCUT2D eigenvalue weighted by Gasteiger charge is 2.39. The topological polar surface area (TPSA) is 71.2 Å². The lowest BCUT2D eigenvalue weighted by Gasteiger charge is -2.37. The van der Waals surface area contributed by atoms with Gasteiger partial charge in [0.15, 0.2) is 0 Å². The third kappa shape index (κ3) is 3.53. The van der Waals surface area contributed by atoms with Gasteiger partial charge in [-0.3, -0.25) is 4.79 Å². The van der Waals surface area contributed by atoms with E-state index in [-0.39, 0.29) is 5.91 Å². The van der Waals surface area contributed by atoms with Gasteiger partial charge in [0.1, 0.15) is 5.82 Å². The number of nitrogens with two attached hydrogens (primary N) is 1. The monoisotopic (exact) mass is 290 g/mol. The fraction of sp³-hybridized carbons (Fsp3) is 0.625. The minimum absolute atomic E-state index is 0.0382. The van der Waals surface area contributed by atoms with Crippen molar-refractivity contribution >= 4 is 17.4 Å². The van der Waals surface area contributed by atoms with Crippen LogP contribution in [-0.2, 0) is 4.79 Å². The summed E-state index contributed by atoms with van der Waals surface area (Å²) < 4.78 is 0. The lowest BCUT2D eigenvalue weighted by Crippen LogP contribution is -2.44. The lowest BCUT2D eigenvalue weighted by atomic mass is 9.70. The van der Waals surface area contributed by atoms with E-state index >= 15 is 0 Å². The van der Waals surface area contributed by atoms with Gasteiger partial charge in [-0.25, -0.2) is 4.98 Å². The van der Waals surface area contributed by atoms with E-state index in [0.717, 1.165) is 37.2 Å². The molecule has 0 atom stereocenters. The number of nitrogens with one attached hydrogen (secondary N) is 1. The number of hydrogen-bond donors (Lipinski definition) is 2. The Morgan fingerprint density at radius 2 is 2.10 bits per heavy atom. The van der Waals surface area contributed by atoms with Crippen LogP contribution in [0.25, 0.3) is 0 Å². The molecule has 0 aromatic carbocycles. The molecule has 1 fully saturated rings. The van der Waals surface area contributed by atoms with E-state index in [1.165, 1.54) is 0 Å². The molecule has 0 aliphatic heterocycles. The fourth-order valence-corrected chi connectivity index (χ4v) is 2.83. The normalized spacial score (nSPS) is 25.4. The molecule has 2 rings (SSSR count). The highest BCUT2D eigenvalue weighted by Crippen LogP contribution is 2.39. The molecule has 1 aliphatic carbocycles. The van der Waals surface area contributed by atoms with Crippen molar-refractivity contribution in [2.75, 3.05) is 30.9 Å². The summed E-state index contributed by atoms with van der Waals surface area (Å²) in [5.74, 6) is 1.60. The van der Waals surface area contributed by atoms with Crippen molar-refractivity contribution < 1.29 is 4.79 Å². The van der Waals surface area contributed by atoms with Crippen LogP contribution >= 0.6 is 0 Å². The van der Waals surface area contributed by atoms with E-state index in [0.29, 0.717) is 12.5 Å². The summed E-state index contributed by atoms with van der Waals surface area (Å²) >= 11 is 0. The second-order valence-corrected chi connectivity index (χ2v) is 6.42. The number of carbonyl (C=O) groups is 1. The highest BCUT2D eigenvalue weighted by atomic mass is 16.2. The first-order valence-corrected chi connectivity index (χ1v) is 7.62. The van der Waals surface area contributed by atoms with E-state index < -0.39 is 5.41 Å². The van der Waals surface area contributed by atoms with Crippen LogP contribution in [0.4, 0.5) is 11.5 Å². The van der Waals surface area contributed by atoms with Crippen molar-refractivity contribution in [3.63, 3.8) is 0 Å². The van der Waals surface area contributed by atoms with Gasteiger partial charge in [0.05, 0.1) is 17.3 Å². The molecule has 0 spiro atoms. The summed E-state index contributed by atoms with van der Waals surface area (Å²) in [5, 5.41) is 2.98. The molecule has 21 heavy (non-hydrogen) atoms. The summed E-state index contributed by atoms with van der Waals surface area (Å²) in [6.45, 7) is 2.65. The summed E-state index contributed by atoms with van der Waals surface area (Å²) in [7, 11) is 3.88. The zero-order valence-corrected chi connectivity index (χ0v) is 13.2. The van der Waals surface area contributed by atoms with Crippen molar-refractivity contribution in [2.24, 2.45) is 17.1 Å². The Hall–Kier alpha value is -1.62. The molecule has 5 nitrogen and oxygen atoms in total.